The molecular weight excluding hydrogens is 240 g/mol. The summed E-state index contributed by atoms with van der Waals surface area (Å²) in [6, 6.07) is 2.02. The van der Waals surface area contributed by atoms with Gasteiger partial charge in [0.25, 0.3) is 0 Å². The average Bonchev–Trinajstić information content (AvgIpc) is 2.95. The van der Waals surface area contributed by atoms with Gasteiger partial charge in [0.1, 0.15) is 17.8 Å². The summed E-state index contributed by atoms with van der Waals surface area (Å²) in [5, 5.41) is 10.8. The normalized spacial score (nSPS) is 24.0. The molecular formula is C14H20N4O. The maximum absolute atomic E-state index is 9.71. The molecule has 1 aliphatic heterocycles. The molecule has 3 heterocycles. The lowest BCUT2D eigenvalue weighted by Gasteiger charge is -2.42. The first-order valence-electron chi connectivity index (χ1n) is 6.92. The van der Waals surface area contributed by atoms with Crippen molar-refractivity contribution in [1.29, 1.82) is 0 Å². The Balaban J connectivity index is 1.95. The van der Waals surface area contributed by atoms with Crippen LogP contribution in [-0.4, -0.2) is 39.8 Å². The second kappa shape index (κ2) is 4.81. The Labute approximate surface area is 112 Å². The molecule has 0 radical (unpaired) electrons. The Kier molecular flexibility index (Phi) is 3.14. The second-order valence-electron chi connectivity index (χ2n) is 5.47. The molecule has 1 aliphatic rings. The summed E-state index contributed by atoms with van der Waals surface area (Å²) in [6.07, 6.45) is 6.70. The first kappa shape index (κ1) is 12.4. The van der Waals surface area contributed by atoms with Crippen molar-refractivity contribution in [1.82, 2.24) is 15.0 Å². The smallest absolute Gasteiger partial charge is 0.142 e. The zero-order chi connectivity index (χ0) is 13.3. The largest absolute Gasteiger partial charge is 0.396 e. The third-order valence-electron chi connectivity index (χ3n) is 4.38. The number of anilines is 1. The molecule has 2 aromatic rings. The molecule has 19 heavy (non-hydrogen) atoms. The van der Waals surface area contributed by atoms with Gasteiger partial charge < -0.3 is 15.0 Å². The predicted octanol–water partition coefficient (Wildman–Crippen LogP) is 1.95. The molecule has 0 aromatic carbocycles. The van der Waals surface area contributed by atoms with E-state index >= 15 is 0 Å². The molecule has 0 bridgehead atoms. The number of aliphatic hydroxyl groups is 1. The van der Waals surface area contributed by atoms with Crippen LogP contribution in [0.3, 0.4) is 0 Å². The summed E-state index contributed by atoms with van der Waals surface area (Å²) in [7, 11) is 0. The lowest BCUT2D eigenvalue weighted by atomic mass is 9.78. The minimum atomic E-state index is 0.0197. The van der Waals surface area contributed by atoms with Crippen molar-refractivity contribution < 1.29 is 5.11 Å². The summed E-state index contributed by atoms with van der Waals surface area (Å²) >= 11 is 0. The van der Waals surface area contributed by atoms with Crippen LogP contribution in [0.1, 0.15) is 26.2 Å². The van der Waals surface area contributed by atoms with Gasteiger partial charge in [0.15, 0.2) is 0 Å². The van der Waals surface area contributed by atoms with E-state index in [2.05, 4.69) is 26.8 Å². The van der Waals surface area contributed by atoms with E-state index in [1.165, 1.54) is 0 Å². The number of aliphatic hydroxyl groups excluding tert-OH is 1. The molecule has 0 saturated carbocycles. The van der Waals surface area contributed by atoms with Crippen LogP contribution in [0.15, 0.2) is 18.6 Å². The number of hydrogen-bond acceptors (Lipinski definition) is 4. The Morgan fingerprint density at radius 2 is 2.37 bits per heavy atom. The third kappa shape index (κ3) is 2.08. The Morgan fingerprint density at radius 3 is 3.16 bits per heavy atom. The van der Waals surface area contributed by atoms with Gasteiger partial charge in [-0.15, -0.1) is 0 Å². The van der Waals surface area contributed by atoms with Crippen LogP contribution < -0.4 is 4.90 Å². The quantitative estimate of drug-likeness (QED) is 0.885. The van der Waals surface area contributed by atoms with Crippen LogP contribution in [-0.2, 0) is 0 Å². The number of nitrogens with zero attached hydrogens (tertiary/aromatic N) is 3. The second-order valence-corrected chi connectivity index (χ2v) is 5.47. The first-order chi connectivity index (χ1) is 9.28. The molecule has 1 saturated heterocycles. The molecule has 3 rings (SSSR count). The van der Waals surface area contributed by atoms with Gasteiger partial charge in [-0.25, -0.2) is 9.97 Å². The van der Waals surface area contributed by atoms with Gasteiger partial charge in [0.05, 0.1) is 12.0 Å². The third-order valence-corrected chi connectivity index (χ3v) is 4.38. The summed E-state index contributed by atoms with van der Waals surface area (Å²) in [5.74, 6) is 0.984. The topological polar surface area (TPSA) is 65.0 Å². The van der Waals surface area contributed by atoms with E-state index in [1.807, 2.05) is 12.3 Å². The number of aromatic nitrogens is 3. The average molecular weight is 260 g/mol. The van der Waals surface area contributed by atoms with Crippen LogP contribution in [0.2, 0.25) is 0 Å². The van der Waals surface area contributed by atoms with Gasteiger partial charge in [-0.1, -0.05) is 6.92 Å². The highest BCUT2D eigenvalue weighted by atomic mass is 16.3. The standard InChI is InChI=1S/C14H20N4O/c1-2-14(9-19)5-3-7-18(8-14)13-11-4-6-15-12(11)16-10-17-13/h4,6,10,19H,2-3,5,7-9H2,1H3,(H,15,16,17). The fourth-order valence-corrected chi connectivity index (χ4v) is 3.03. The van der Waals surface area contributed by atoms with Crippen molar-refractivity contribution >= 4 is 16.9 Å². The monoisotopic (exact) mass is 260 g/mol. The predicted molar refractivity (Wildman–Crippen MR) is 75.1 cm³/mol. The molecule has 2 N–H and O–H groups in total. The van der Waals surface area contributed by atoms with Crippen LogP contribution in [0, 0.1) is 5.41 Å². The maximum atomic E-state index is 9.71. The summed E-state index contributed by atoms with van der Waals surface area (Å²) in [6.45, 7) is 4.28. The SMILES string of the molecule is CCC1(CO)CCCN(c2ncnc3[nH]ccc23)C1. The van der Waals surface area contributed by atoms with Gasteiger partial charge in [0.2, 0.25) is 0 Å². The zero-order valence-electron chi connectivity index (χ0n) is 11.3. The summed E-state index contributed by atoms with van der Waals surface area (Å²) in [4.78, 5) is 14.1. The van der Waals surface area contributed by atoms with Gasteiger partial charge in [0, 0.05) is 24.7 Å². The van der Waals surface area contributed by atoms with E-state index in [-0.39, 0.29) is 12.0 Å². The molecule has 0 amide bonds. The molecule has 1 unspecified atom stereocenters. The molecule has 0 spiro atoms. The van der Waals surface area contributed by atoms with Crippen LogP contribution >= 0.6 is 0 Å². The van der Waals surface area contributed by atoms with Gasteiger partial charge in [-0.2, -0.15) is 0 Å². The maximum Gasteiger partial charge on any atom is 0.142 e. The fraction of sp³-hybridized carbons (Fsp3) is 0.571. The number of hydrogen-bond donors (Lipinski definition) is 2. The molecule has 102 valence electrons. The lowest BCUT2D eigenvalue weighted by Crippen LogP contribution is -2.45. The number of H-pyrrole nitrogens is 1. The molecule has 5 heteroatoms. The van der Waals surface area contributed by atoms with Gasteiger partial charge >= 0.3 is 0 Å². The molecule has 5 nitrogen and oxygen atoms in total. The lowest BCUT2D eigenvalue weighted by molar-refractivity contribution is 0.101. The summed E-state index contributed by atoms with van der Waals surface area (Å²) in [5.41, 5.74) is 0.896. The van der Waals surface area contributed by atoms with E-state index < -0.39 is 0 Å². The van der Waals surface area contributed by atoms with Crippen LogP contribution in [0.4, 0.5) is 5.82 Å². The highest BCUT2D eigenvalue weighted by Gasteiger charge is 2.34. The van der Waals surface area contributed by atoms with Gasteiger partial charge in [-0.3, -0.25) is 0 Å². The van der Waals surface area contributed by atoms with E-state index in [9.17, 15) is 5.11 Å². The number of piperidine rings is 1. The molecule has 1 fully saturated rings. The minimum absolute atomic E-state index is 0.0197. The number of fused-ring (bicyclic) bond motifs is 1. The minimum Gasteiger partial charge on any atom is -0.396 e. The van der Waals surface area contributed by atoms with Crippen molar-refractivity contribution in [2.45, 2.75) is 26.2 Å². The highest BCUT2D eigenvalue weighted by Crippen LogP contribution is 2.35. The van der Waals surface area contributed by atoms with Crippen LogP contribution in [0.25, 0.3) is 11.0 Å². The highest BCUT2D eigenvalue weighted by molar-refractivity contribution is 5.87. The van der Waals surface area contributed by atoms with Crippen molar-refractivity contribution in [3.8, 4) is 0 Å². The number of aromatic amines is 1. The Bertz CT molecular complexity index is 561. The fourth-order valence-electron chi connectivity index (χ4n) is 3.03. The van der Waals surface area contributed by atoms with E-state index in [0.717, 1.165) is 49.2 Å². The van der Waals surface area contributed by atoms with Crippen molar-refractivity contribution in [2.24, 2.45) is 5.41 Å². The van der Waals surface area contributed by atoms with Crippen molar-refractivity contribution in [3.05, 3.63) is 18.6 Å². The molecule has 0 aliphatic carbocycles. The zero-order valence-corrected chi connectivity index (χ0v) is 11.3. The summed E-state index contributed by atoms with van der Waals surface area (Å²) < 4.78 is 0. The Morgan fingerprint density at radius 1 is 1.47 bits per heavy atom. The Hall–Kier alpha value is -1.62. The van der Waals surface area contributed by atoms with Crippen molar-refractivity contribution in [2.75, 3.05) is 24.6 Å². The first-order valence-corrected chi connectivity index (χ1v) is 6.92. The molecule has 2 aromatic heterocycles. The van der Waals surface area contributed by atoms with E-state index in [0.29, 0.717) is 0 Å². The number of rotatable bonds is 3. The molecule has 1 atom stereocenters. The van der Waals surface area contributed by atoms with Gasteiger partial charge in [-0.05, 0) is 25.3 Å². The van der Waals surface area contributed by atoms with E-state index in [4.69, 9.17) is 0 Å². The van der Waals surface area contributed by atoms with Crippen molar-refractivity contribution in [3.63, 3.8) is 0 Å². The van der Waals surface area contributed by atoms with Crippen LogP contribution in [0.5, 0.6) is 0 Å². The number of nitrogens with one attached hydrogen (secondary N) is 1. The van der Waals surface area contributed by atoms with E-state index in [1.54, 1.807) is 6.33 Å².